The van der Waals surface area contributed by atoms with Crippen molar-refractivity contribution in [3.8, 4) is 5.75 Å². The van der Waals surface area contributed by atoms with Crippen molar-refractivity contribution in [3.05, 3.63) is 28.2 Å². The van der Waals surface area contributed by atoms with E-state index < -0.39 is 0 Å². The van der Waals surface area contributed by atoms with Gasteiger partial charge in [-0.3, -0.25) is 0 Å². The molecule has 3 saturated carbocycles. The number of fused-ring (bicyclic) bond motifs is 5. The summed E-state index contributed by atoms with van der Waals surface area (Å²) in [6, 6.07) is 6.00. The Hall–Kier alpha value is -0.540. The maximum atomic E-state index is 10.6. The molecular weight excluding hydrogens is 316 g/mol. The number of rotatable bonds is 4. The summed E-state index contributed by atoms with van der Waals surface area (Å²) in [6.07, 6.45) is 4.84. The first kappa shape index (κ1) is 13.1. The van der Waals surface area contributed by atoms with Crippen LogP contribution in [0.3, 0.4) is 0 Å². The molecule has 108 valence electrons. The minimum Gasteiger partial charge on any atom is -0.497 e. The van der Waals surface area contributed by atoms with Gasteiger partial charge in [-0.1, -0.05) is 15.9 Å². The van der Waals surface area contributed by atoms with E-state index in [4.69, 9.17) is 4.74 Å². The second-order valence-corrected chi connectivity index (χ2v) is 7.65. The van der Waals surface area contributed by atoms with Gasteiger partial charge in [-0.15, -0.1) is 0 Å². The fourth-order valence-corrected chi connectivity index (χ4v) is 5.51. The van der Waals surface area contributed by atoms with Crippen molar-refractivity contribution in [2.24, 2.45) is 29.6 Å². The Bertz CT molecular complexity index is 514. The summed E-state index contributed by atoms with van der Waals surface area (Å²) in [5.41, 5.74) is 1.16. The summed E-state index contributed by atoms with van der Waals surface area (Å²) in [6.45, 7) is 0. The van der Waals surface area contributed by atoms with Crippen LogP contribution in [0, 0.1) is 29.6 Å². The van der Waals surface area contributed by atoms with Crippen molar-refractivity contribution in [2.75, 3.05) is 7.11 Å². The number of methoxy groups -OCH3 is 1. The molecule has 1 N–H and O–H groups in total. The smallest absolute Gasteiger partial charge is 0.119 e. The van der Waals surface area contributed by atoms with Crippen LogP contribution in [0.25, 0.3) is 0 Å². The first-order valence-corrected chi connectivity index (χ1v) is 8.49. The molecule has 0 aliphatic heterocycles. The molecule has 1 aromatic rings. The van der Waals surface area contributed by atoms with E-state index in [1.807, 2.05) is 18.2 Å². The Morgan fingerprint density at radius 2 is 2.00 bits per heavy atom. The lowest BCUT2D eigenvalue weighted by Gasteiger charge is -2.16. The number of benzene rings is 1. The molecule has 0 radical (unpaired) electrons. The van der Waals surface area contributed by atoms with E-state index >= 15 is 0 Å². The predicted molar refractivity (Wildman–Crippen MR) is 81.7 cm³/mol. The molecule has 0 aromatic heterocycles. The van der Waals surface area contributed by atoms with Gasteiger partial charge in [0, 0.05) is 4.47 Å². The van der Waals surface area contributed by atoms with Gasteiger partial charge in [0.1, 0.15) is 5.75 Å². The van der Waals surface area contributed by atoms with E-state index in [0.29, 0.717) is 5.92 Å². The standard InChI is InChI=1S/C17H21BrO2/c1-20-12-4-5-13(18)11(7-12)8-14(19)17-15-9-2-3-10(6-9)16(15)17/h4-5,7,9-10,14-17,19H,2-3,6,8H2,1H3. The molecule has 0 spiro atoms. The van der Waals surface area contributed by atoms with Gasteiger partial charge in [-0.05, 0) is 79.0 Å². The molecular formula is C17H21BrO2. The molecule has 0 saturated heterocycles. The summed E-state index contributed by atoms with van der Waals surface area (Å²) in [5.74, 6) is 4.98. The van der Waals surface area contributed by atoms with Crippen molar-refractivity contribution in [2.45, 2.75) is 31.8 Å². The average molecular weight is 337 g/mol. The van der Waals surface area contributed by atoms with Crippen molar-refractivity contribution in [3.63, 3.8) is 0 Å². The summed E-state index contributed by atoms with van der Waals surface area (Å²) >= 11 is 3.59. The van der Waals surface area contributed by atoms with Crippen LogP contribution in [0.1, 0.15) is 24.8 Å². The molecule has 3 heteroatoms. The van der Waals surface area contributed by atoms with Crippen LogP contribution in [0.2, 0.25) is 0 Å². The fraction of sp³-hybridized carbons (Fsp3) is 0.647. The van der Waals surface area contributed by atoms with Gasteiger partial charge in [-0.25, -0.2) is 0 Å². The van der Waals surface area contributed by atoms with Crippen molar-refractivity contribution < 1.29 is 9.84 Å². The van der Waals surface area contributed by atoms with E-state index in [2.05, 4.69) is 15.9 Å². The Labute approximate surface area is 128 Å². The SMILES string of the molecule is COc1ccc(Br)c(CC(O)C2C3C4CCC(C4)C23)c1. The zero-order chi connectivity index (χ0) is 13.9. The minimum absolute atomic E-state index is 0.184. The molecule has 3 aliphatic rings. The van der Waals surface area contributed by atoms with Crippen LogP contribution in [0.15, 0.2) is 22.7 Å². The monoisotopic (exact) mass is 336 g/mol. The molecule has 1 aromatic carbocycles. The van der Waals surface area contributed by atoms with Gasteiger partial charge < -0.3 is 9.84 Å². The van der Waals surface area contributed by atoms with Crippen LogP contribution in [0.5, 0.6) is 5.75 Å². The Morgan fingerprint density at radius 1 is 1.30 bits per heavy atom. The zero-order valence-electron chi connectivity index (χ0n) is 11.8. The largest absolute Gasteiger partial charge is 0.497 e. The lowest BCUT2D eigenvalue weighted by atomic mass is 9.95. The third kappa shape index (κ3) is 1.93. The van der Waals surface area contributed by atoms with E-state index in [1.54, 1.807) is 7.11 Å². The van der Waals surface area contributed by atoms with Crippen LogP contribution < -0.4 is 4.74 Å². The summed E-state index contributed by atoms with van der Waals surface area (Å²) in [4.78, 5) is 0. The molecule has 5 atom stereocenters. The highest BCUT2D eigenvalue weighted by Gasteiger charge is 2.66. The normalized spacial score (nSPS) is 38.6. The maximum Gasteiger partial charge on any atom is 0.119 e. The van der Waals surface area contributed by atoms with E-state index in [-0.39, 0.29) is 6.10 Å². The Morgan fingerprint density at radius 3 is 2.65 bits per heavy atom. The average Bonchev–Trinajstić information content (AvgIpc) is 2.90. The predicted octanol–water partition coefficient (Wildman–Crippen LogP) is 3.65. The van der Waals surface area contributed by atoms with Gasteiger partial charge in [0.25, 0.3) is 0 Å². The lowest BCUT2D eigenvalue weighted by Crippen LogP contribution is -2.18. The summed E-state index contributed by atoms with van der Waals surface area (Å²) in [7, 11) is 1.69. The molecule has 0 heterocycles. The quantitative estimate of drug-likeness (QED) is 0.909. The van der Waals surface area contributed by atoms with Crippen LogP contribution >= 0.6 is 15.9 Å². The van der Waals surface area contributed by atoms with Crippen LogP contribution in [-0.4, -0.2) is 18.3 Å². The minimum atomic E-state index is -0.184. The summed E-state index contributed by atoms with van der Waals surface area (Å²) < 4.78 is 6.36. The van der Waals surface area contributed by atoms with Gasteiger partial charge in [-0.2, -0.15) is 0 Å². The van der Waals surface area contributed by atoms with Gasteiger partial charge in [0.15, 0.2) is 0 Å². The molecule has 20 heavy (non-hydrogen) atoms. The molecule has 2 bridgehead atoms. The van der Waals surface area contributed by atoms with Crippen LogP contribution in [0.4, 0.5) is 0 Å². The zero-order valence-corrected chi connectivity index (χ0v) is 13.3. The van der Waals surface area contributed by atoms with Gasteiger partial charge in [0.2, 0.25) is 0 Å². The number of aliphatic hydroxyl groups is 1. The molecule has 2 nitrogen and oxygen atoms in total. The fourth-order valence-electron chi connectivity index (χ4n) is 5.10. The second-order valence-electron chi connectivity index (χ2n) is 6.79. The van der Waals surface area contributed by atoms with Crippen LogP contribution in [-0.2, 0) is 6.42 Å². The molecule has 3 fully saturated rings. The number of ether oxygens (including phenoxy) is 1. The number of aliphatic hydroxyl groups excluding tert-OH is 1. The highest BCUT2D eigenvalue weighted by atomic mass is 79.9. The van der Waals surface area contributed by atoms with Crippen molar-refractivity contribution in [1.29, 1.82) is 0 Å². The molecule has 0 amide bonds. The Balaban J connectivity index is 1.47. The van der Waals surface area contributed by atoms with Gasteiger partial charge in [0.05, 0.1) is 13.2 Å². The van der Waals surface area contributed by atoms with E-state index in [9.17, 15) is 5.11 Å². The number of hydrogen-bond donors (Lipinski definition) is 1. The number of hydrogen-bond acceptors (Lipinski definition) is 2. The third-order valence-electron chi connectivity index (χ3n) is 5.92. The highest BCUT2D eigenvalue weighted by Crippen LogP contribution is 2.70. The summed E-state index contributed by atoms with van der Waals surface area (Å²) in [5, 5.41) is 10.6. The lowest BCUT2D eigenvalue weighted by molar-refractivity contribution is 0.128. The van der Waals surface area contributed by atoms with E-state index in [0.717, 1.165) is 45.9 Å². The van der Waals surface area contributed by atoms with Crippen molar-refractivity contribution in [1.82, 2.24) is 0 Å². The van der Waals surface area contributed by atoms with Gasteiger partial charge >= 0.3 is 0 Å². The maximum absolute atomic E-state index is 10.6. The van der Waals surface area contributed by atoms with E-state index in [1.165, 1.54) is 19.3 Å². The second kappa shape index (κ2) is 4.74. The third-order valence-corrected chi connectivity index (χ3v) is 6.69. The topological polar surface area (TPSA) is 29.5 Å². The molecule has 4 rings (SSSR count). The Kier molecular flexibility index (Phi) is 3.11. The number of halogens is 1. The first-order chi connectivity index (χ1) is 9.69. The highest BCUT2D eigenvalue weighted by molar-refractivity contribution is 9.10. The van der Waals surface area contributed by atoms with Crippen molar-refractivity contribution >= 4 is 15.9 Å². The first-order valence-electron chi connectivity index (χ1n) is 7.69. The molecule has 3 aliphatic carbocycles. The molecule has 5 unspecified atom stereocenters.